The zero-order valence-electron chi connectivity index (χ0n) is 6.97. The minimum absolute atomic E-state index is 0.243. The fourth-order valence-electron chi connectivity index (χ4n) is 1.54. The van der Waals surface area contributed by atoms with Crippen LogP contribution in [0.3, 0.4) is 0 Å². The van der Waals surface area contributed by atoms with Gasteiger partial charge < -0.3 is 9.87 Å². The Kier molecular flexibility index (Phi) is 2.42. The van der Waals surface area contributed by atoms with Crippen molar-refractivity contribution in [3.8, 4) is 0 Å². The van der Waals surface area contributed by atoms with E-state index >= 15 is 0 Å². The Labute approximate surface area is 88.3 Å². The van der Waals surface area contributed by atoms with Crippen LogP contribution in [0.5, 0.6) is 0 Å². The molecule has 2 heterocycles. The van der Waals surface area contributed by atoms with Crippen molar-refractivity contribution < 1.29 is 14.1 Å². The lowest BCUT2D eigenvalue weighted by Crippen LogP contribution is -2.71. The van der Waals surface area contributed by atoms with Crippen LogP contribution >= 0.6 is 11.6 Å². The van der Waals surface area contributed by atoms with E-state index in [2.05, 4.69) is 5.32 Å². The smallest absolute Gasteiger partial charge is 0.260 e. The average Bonchev–Trinajstić information content (AvgIpc) is 2.14. The van der Waals surface area contributed by atoms with E-state index in [9.17, 15) is 14.1 Å². The van der Waals surface area contributed by atoms with Gasteiger partial charge in [0.15, 0.2) is 6.04 Å². The lowest BCUT2D eigenvalue weighted by Gasteiger charge is -2.45. The van der Waals surface area contributed by atoms with Gasteiger partial charge >= 0.3 is 0 Å². The summed E-state index contributed by atoms with van der Waals surface area (Å²) < 4.78 is 11.5. The van der Waals surface area contributed by atoms with E-state index in [4.69, 9.17) is 11.6 Å². The van der Waals surface area contributed by atoms with E-state index in [-0.39, 0.29) is 11.7 Å². The van der Waals surface area contributed by atoms with Crippen LogP contribution in [-0.2, 0) is 20.8 Å². The van der Waals surface area contributed by atoms with Crippen molar-refractivity contribution in [1.82, 2.24) is 10.2 Å². The molecule has 1 N–H and O–H groups in total. The number of carbonyl (C=O) groups excluding carboxylic acids is 2. The molecule has 3 atom stereocenters. The monoisotopic (exact) mass is 234 g/mol. The number of rotatable bonds is 2. The van der Waals surface area contributed by atoms with E-state index in [0.29, 0.717) is 11.4 Å². The molecule has 2 aliphatic rings. The number of fused-ring (bicyclic) bond motifs is 1. The standard InChI is InChI=1S/C7H7ClN2O3S/c8-4-1-10-6(12)5(9-3-11)7(10)14(13)2-4/h1,3,5,7H,2H2,(H,9,11)/t5-,7-,14?/m1/s1. The summed E-state index contributed by atoms with van der Waals surface area (Å²) in [5.74, 6) is -0.0270. The predicted octanol–water partition coefficient (Wildman–Crippen LogP) is -0.888. The van der Waals surface area contributed by atoms with Gasteiger partial charge in [0.2, 0.25) is 11.8 Å². The molecular weight excluding hydrogens is 228 g/mol. The van der Waals surface area contributed by atoms with Crippen LogP contribution in [0.15, 0.2) is 11.2 Å². The first-order valence-electron chi connectivity index (χ1n) is 3.90. The molecule has 0 bridgehead atoms. The summed E-state index contributed by atoms with van der Waals surface area (Å²) in [6.07, 6.45) is 1.91. The molecule has 0 spiro atoms. The summed E-state index contributed by atoms with van der Waals surface area (Å²) >= 11 is 4.45. The van der Waals surface area contributed by atoms with Crippen molar-refractivity contribution in [3.05, 3.63) is 11.2 Å². The zero-order valence-corrected chi connectivity index (χ0v) is 8.55. The van der Waals surface area contributed by atoms with Crippen LogP contribution in [0.4, 0.5) is 0 Å². The quantitative estimate of drug-likeness (QED) is 0.383. The third-order valence-corrected chi connectivity index (χ3v) is 4.18. The SMILES string of the molecule is O=CN[C@@H]1C(=O)N2C=C(Cl)C[S+]([O-])[C@H]12. The molecule has 2 aliphatic heterocycles. The van der Waals surface area contributed by atoms with Crippen LogP contribution in [0.2, 0.25) is 0 Å². The Morgan fingerprint density at radius 2 is 2.50 bits per heavy atom. The van der Waals surface area contributed by atoms with Crippen LogP contribution in [0, 0.1) is 0 Å². The van der Waals surface area contributed by atoms with Gasteiger partial charge in [-0.25, -0.2) is 0 Å². The fourth-order valence-corrected chi connectivity index (χ4v) is 3.40. The van der Waals surface area contributed by atoms with Gasteiger partial charge in [-0.3, -0.25) is 14.5 Å². The van der Waals surface area contributed by atoms with Crippen LogP contribution in [-0.4, -0.2) is 38.9 Å². The number of nitrogens with zero attached hydrogens (tertiary/aromatic N) is 1. The predicted molar refractivity (Wildman–Crippen MR) is 50.6 cm³/mol. The summed E-state index contributed by atoms with van der Waals surface area (Å²) in [5.41, 5.74) is 0. The van der Waals surface area contributed by atoms with E-state index < -0.39 is 22.6 Å². The molecule has 5 nitrogen and oxygen atoms in total. The molecule has 0 aromatic carbocycles. The summed E-state index contributed by atoms with van der Waals surface area (Å²) in [5, 5.41) is 2.29. The average molecular weight is 235 g/mol. The molecule has 1 unspecified atom stereocenters. The first kappa shape index (κ1) is 9.82. The van der Waals surface area contributed by atoms with Crippen molar-refractivity contribution >= 4 is 35.1 Å². The maximum absolute atomic E-state index is 11.5. The summed E-state index contributed by atoms with van der Waals surface area (Å²) in [6, 6.07) is -0.658. The Balaban J connectivity index is 2.18. The van der Waals surface area contributed by atoms with E-state index in [1.807, 2.05) is 0 Å². The van der Waals surface area contributed by atoms with Gasteiger partial charge in [-0.1, -0.05) is 11.6 Å². The third-order valence-electron chi connectivity index (χ3n) is 2.16. The highest BCUT2D eigenvalue weighted by Crippen LogP contribution is 2.32. The van der Waals surface area contributed by atoms with Gasteiger partial charge in [-0.15, -0.1) is 0 Å². The first-order valence-corrected chi connectivity index (χ1v) is 5.66. The number of nitrogens with one attached hydrogen (secondary N) is 1. The number of amides is 2. The number of hydrogen-bond donors (Lipinski definition) is 1. The topological polar surface area (TPSA) is 72.5 Å². The van der Waals surface area contributed by atoms with E-state index in [0.717, 1.165) is 0 Å². The molecule has 14 heavy (non-hydrogen) atoms. The summed E-state index contributed by atoms with van der Waals surface area (Å²) in [4.78, 5) is 22.8. The van der Waals surface area contributed by atoms with Gasteiger partial charge in [0, 0.05) is 6.20 Å². The summed E-state index contributed by atoms with van der Waals surface area (Å²) in [6.45, 7) is 0. The molecule has 0 aromatic rings. The molecule has 7 heteroatoms. The lowest BCUT2D eigenvalue weighted by molar-refractivity contribution is -0.143. The zero-order chi connectivity index (χ0) is 10.3. The van der Waals surface area contributed by atoms with Gasteiger partial charge in [0.25, 0.3) is 5.91 Å². The maximum atomic E-state index is 11.5. The largest absolute Gasteiger partial charge is 0.614 e. The van der Waals surface area contributed by atoms with Crippen LogP contribution in [0.25, 0.3) is 0 Å². The van der Waals surface area contributed by atoms with Crippen molar-refractivity contribution in [1.29, 1.82) is 0 Å². The van der Waals surface area contributed by atoms with E-state index in [1.165, 1.54) is 11.1 Å². The van der Waals surface area contributed by atoms with Crippen LogP contribution < -0.4 is 5.32 Å². The minimum Gasteiger partial charge on any atom is -0.614 e. The molecular formula is C7H7ClN2O3S. The molecule has 1 saturated heterocycles. The maximum Gasteiger partial charge on any atom is 0.260 e. The molecule has 2 amide bonds. The second-order valence-electron chi connectivity index (χ2n) is 3.00. The lowest BCUT2D eigenvalue weighted by atomic mass is 10.1. The number of hydrogen-bond acceptors (Lipinski definition) is 3. The summed E-state index contributed by atoms with van der Waals surface area (Å²) in [7, 11) is 0. The van der Waals surface area contributed by atoms with Crippen molar-refractivity contribution in [3.63, 3.8) is 0 Å². The van der Waals surface area contributed by atoms with Gasteiger partial charge in [-0.05, 0) is 11.2 Å². The van der Waals surface area contributed by atoms with Crippen molar-refractivity contribution in [2.75, 3.05) is 5.75 Å². The molecule has 1 fully saturated rings. The highest BCUT2D eigenvalue weighted by molar-refractivity contribution is 7.92. The molecule has 0 radical (unpaired) electrons. The Morgan fingerprint density at radius 1 is 1.79 bits per heavy atom. The van der Waals surface area contributed by atoms with Crippen LogP contribution in [0.1, 0.15) is 0 Å². The highest BCUT2D eigenvalue weighted by Gasteiger charge is 2.56. The first-order chi connectivity index (χ1) is 6.65. The second-order valence-corrected chi connectivity index (χ2v) is 5.02. The van der Waals surface area contributed by atoms with Gasteiger partial charge in [0.05, 0.1) is 5.03 Å². The Morgan fingerprint density at radius 3 is 3.14 bits per heavy atom. The highest BCUT2D eigenvalue weighted by atomic mass is 35.5. The second kappa shape index (κ2) is 3.45. The third kappa shape index (κ3) is 1.30. The number of halogens is 1. The number of carbonyl (C=O) groups is 2. The molecule has 0 saturated carbocycles. The molecule has 76 valence electrons. The Bertz CT molecular complexity index is 322. The molecule has 2 rings (SSSR count). The molecule has 0 aromatic heterocycles. The fraction of sp³-hybridized carbons (Fsp3) is 0.429. The minimum atomic E-state index is -1.23. The molecule has 0 aliphatic carbocycles. The van der Waals surface area contributed by atoms with E-state index in [1.54, 1.807) is 0 Å². The van der Waals surface area contributed by atoms with Gasteiger partial charge in [0.1, 0.15) is 5.75 Å². The van der Waals surface area contributed by atoms with Gasteiger partial charge in [-0.2, -0.15) is 0 Å². The number of β-lactam (4-membered cyclic amide) rings is 1. The Hall–Kier alpha value is -0.720. The van der Waals surface area contributed by atoms with Crippen molar-refractivity contribution in [2.24, 2.45) is 0 Å². The van der Waals surface area contributed by atoms with Crippen molar-refractivity contribution in [2.45, 2.75) is 11.4 Å². The normalized spacial score (nSPS) is 35.6.